The number of rotatable bonds is 9. The second kappa shape index (κ2) is 12.5. The van der Waals surface area contributed by atoms with Crippen molar-refractivity contribution in [3.63, 3.8) is 0 Å². The van der Waals surface area contributed by atoms with E-state index in [2.05, 4.69) is 20.6 Å². The maximum absolute atomic E-state index is 5.84. The summed E-state index contributed by atoms with van der Waals surface area (Å²) >= 11 is 0. The molecule has 0 atom stereocenters. The highest BCUT2D eigenvalue weighted by atomic mass is 127. The third kappa shape index (κ3) is 8.86. The Balaban J connectivity index is 0.00000420. The maximum atomic E-state index is 5.84. The first-order chi connectivity index (χ1) is 13.5. The molecule has 2 N–H and O–H groups in total. The van der Waals surface area contributed by atoms with Crippen molar-refractivity contribution < 1.29 is 14.2 Å². The zero-order valence-electron chi connectivity index (χ0n) is 17.7. The van der Waals surface area contributed by atoms with Crippen LogP contribution >= 0.6 is 24.0 Å². The van der Waals surface area contributed by atoms with Gasteiger partial charge in [-0.15, -0.1) is 24.0 Å². The van der Waals surface area contributed by atoms with Crippen LogP contribution in [-0.2, 0) is 11.3 Å². The molecule has 160 valence electrons. The molecule has 0 aliphatic rings. The molecule has 1 aromatic heterocycles. The Labute approximate surface area is 190 Å². The molecule has 2 aromatic rings. The van der Waals surface area contributed by atoms with Crippen LogP contribution in [0.15, 0.2) is 47.6 Å². The van der Waals surface area contributed by atoms with Crippen molar-refractivity contribution in [3.05, 3.63) is 48.2 Å². The molecule has 0 aliphatic carbocycles. The first-order valence-electron chi connectivity index (χ1n) is 9.31. The molecule has 7 nitrogen and oxygen atoms in total. The lowest BCUT2D eigenvalue weighted by molar-refractivity contribution is 0.0268. The topological polar surface area (TPSA) is 77.0 Å². The maximum Gasteiger partial charge on any atom is 0.219 e. The molecule has 1 aromatic carbocycles. The normalized spacial score (nSPS) is 11.4. The molecule has 0 amide bonds. The van der Waals surface area contributed by atoms with E-state index in [-0.39, 0.29) is 29.6 Å². The first kappa shape index (κ1) is 25.0. The van der Waals surface area contributed by atoms with E-state index in [0.717, 1.165) is 11.3 Å². The second-order valence-electron chi connectivity index (χ2n) is 6.75. The van der Waals surface area contributed by atoms with Crippen molar-refractivity contribution >= 4 is 29.9 Å². The number of pyridine rings is 1. The summed E-state index contributed by atoms with van der Waals surface area (Å²) in [5, 5.41) is 6.53. The van der Waals surface area contributed by atoms with Crippen molar-refractivity contribution in [1.82, 2.24) is 15.6 Å². The van der Waals surface area contributed by atoms with Crippen LogP contribution in [-0.4, -0.2) is 43.9 Å². The van der Waals surface area contributed by atoms with Crippen molar-refractivity contribution in [2.45, 2.75) is 32.9 Å². The van der Waals surface area contributed by atoms with Gasteiger partial charge in [0.25, 0.3) is 0 Å². The number of methoxy groups -OCH3 is 1. The van der Waals surface area contributed by atoms with Gasteiger partial charge < -0.3 is 24.8 Å². The number of ether oxygens (including phenoxy) is 3. The quantitative estimate of drug-likeness (QED) is 0.300. The fraction of sp³-hybridized carbons (Fsp3) is 0.429. The molecule has 0 unspecified atom stereocenters. The number of hydrogen-bond donors (Lipinski definition) is 2. The van der Waals surface area contributed by atoms with E-state index >= 15 is 0 Å². The van der Waals surface area contributed by atoms with Crippen molar-refractivity contribution in [1.29, 1.82) is 0 Å². The average molecular weight is 514 g/mol. The Morgan fingerprint density at radius 3 is 2.41 bits per heavy atom. The number of hydrogen-bond acceptors (Lipinski definition) is 5. The van der Waals surface area contributed by atoms with Crippen LogP contribution in [0.2, 0.25) is 0 Å². The molecule has 0 bridgehead atoms. The molecule has 1 heterocycles. The summed E-state index contributed by atoms with van der Waals surface area (Å²) in [6.45, 7) is 7.86. The molecule has 0 saturated carbocycles. The van der Waals surface area contributed by atoms with Crippen LogP contribution in [0.25, 0.3) is 0 Å². The molecule has 0 spiro atoms. The number of aliphatic imine (C=N–C) groups is 1. The SMILES string of the molecule is CCOc1ccc(Oc2cc(CNC(=NC)NCC(C)(C)OC)ccn2)cc1.I. The monoisotopic (exact) mass is 514 g/mol. The van der Waals surface area contributed by atoms with Gasteiger partial charge in [-0.05, 0) is 56.7 Å². The summed E-state index contributed by atoms with van der Waals surface area (Å²) in [5.41, 5.74) is 0.761. The number of aromatic nitrogens is 1. The van der Waals surface area contributed by atoms with Gasteiger partial charge in [0.2, 0.25) is 5.88 Å². The van der Waals surface area contributed by atoms with E-state index in [1.54, 1.807) is 20.4 Å². The summed E-state index contributed by atoms with van der Waals surface area (Å²) in [6.07, 6.45) is 1.73. The molecule has 8 heteroatoms. The van der Waals surface area contributed by atoms with E-state index in [4.69, 9.17) is 14.2 Å². The van der Waals surface area contributed by atoms with Crippen LogP contribution in [0.4, 0.5) is 0 Å². The van der Waals surface area contributed by atoms with Crippen LogP contribution in [0.1, 0.15) is 26.3 Å². The summed E-state index contributed by atoms with van der Waals surface area (Å²) in [5.74, 6) is 2.76. The van der Waals surface area contributed by atoms with E-state index in [1.165, 1.54) is 0 Å². The minimum atomic E-state index is -0.271. The van der Waals surface area contributed by atoms with Gasteiger partial charge in [0.15, 0.2) is 5.96 Å². The van der Waals surface area contributed by atoms with Crippen LogP contribution in [0, 0.1) is 0 Å². The summed E-state index contributed by atoms with van der Waals surface area (Å²) < 4.78 is 16.7. The molecule has 0 aliphatic heterocycles. The summed E-state index contributed by atoms with van der Waals surface area (Å²) in [4.78, 5) is 8.51. The van der Waals surface area contributed by atoms with E-state index in [9.17, 15) is 0 Å². The number of nitrogens with one attached hydrogen (secondary N) is 2. The highest BCUT2D eigenvalue weighted by Gasteiger charge is 2.16. The molecule has 29 heavy (non-hydrogen) atoms. The molecular formula is C21H31IN4O3. The van der Waals surface area contributed by atoms with Gasteiger partial charge in [-0.25, -0.2) is 4.98 Å². The fourth-order valence-electron chi connectivity index (χ4n) is 2.28. The number of nitrogens with zero attached hydrogens (tertiary/aromatic N) is 2. The van der Waals surface area contributed by atoms with Gasteiger partial charge in [0.05, 0.1) is 12.2 Å². The van der Waals surface area contributed by atoms with Crippen molar-refractivity contribution in [2.24, 2.45) is 4.99 Å². The van der Waals surface area contributed by atoms with Crippen molar-refractivity contribution in [3.8, 4) is 17.4 Å². The zero-order valence-corrected chi connectivity index (χ0v) is 20.0. The molecule has 2 rings (SSSR count). The van der Waals surface area contributed by atoms with Gasteiger partial charge in [0.1, 0.15) is 11.5 Å². The van der Waals surface area contributed by atoms with Crippen molar-refractivity contribution in [2.75, 3.05) is 27.3 Å². The standard InChI is InChI=1S/C21H30N4O3.HI/c1-6-27-17-7-9-18(10-8-17)28-19-13-16(11-12-23-19)14-24-20(22-4)25-15-21(2,3)26-5;/h7-13H,6,14-15H2,1-5H3,(H2,22,24,25);1H. The Morgan fingerprint density at radius 2 is 1.79 bits per heavy atom. The summed E-state index contributed by atoms with van der Waals surface area (Å²) in [6, 6.07) is 11.3. The molecular weight excluding hydrogens is 483 g/mol. The molecule has 0 radical (unpaired) electrons. The van der Waals surface area contributed by atoms with E-state index < -0.39 is 0 Å². The predicted octanol–water partition coefficient (Wildman–Crippen LogP) is 3.98. The average Bonchev–Trinajstić information content (AvgIpc) is 2.70. The van der Waals surface area contributed by atoms with Crippen LogP contribution in [0.3, 0.4) is 0 Å². The van der Waals surface area contributed by atoms with Crippen LogP contribution < -0.4 is 20.1 Å². The van der Waals surface area contributed by atoms with Gasteiger partial charge in [-0.2, -0.15) is 0 Å². The van der Waals surface area contributed by atoms with Gasteiger partial charge in [-0.1, -0.05) is 0 Å². The third-order valence-corrected chi connectivity index (χ3v) is 4.07. The second-order valence-corrected chi connectivity index (χ2v) is 6.75. The minimum Gasteiger partial charge on any atom is -0.494 e. The number of halogens is 1. The lowest BCUT2D eigenvalue weighted by Gasteiger charge is -2.24. The van der Waals surface area contributed by atoms with Gasteiger partial charge >= 0.3 is 0 Å². The Kier molecular flexibility index (Phi) is 10.7. The Bertz CT molecular complexity index is 767. The summed E-state index contributed by atoms with van der Waals surface area (Å²) in [7, 11) is 3.43. The predicted molar refractivity (Wildman–Crippen MR) is 127 cm³/mol. The minimum absolute atomic E-state index is 0. The highest BCUT2D eigenvalue weighted by Crippen LogP contribution is 2.23. The Morgan fingerprint density at radius 1 is 1.10 bits per heavy atom. The van der Waals surface area contributed by atoms with E-state index in [0.29, 0.717) is 37.3 Å². The van der Waals surface area contributed by atoms with E-state index in [1.807, 2.05) is 57.2 Å². The molecule has 0 fully saturated rings. The number of benzene rings is 1. The number of guanidine groups is 1. The lowest BCUT2D eigenvalue weighted by Crippen LogP contribution is -2.45. The third-order valence-electron chi connectivity index (χ3n) is 4.07. The Hall–Kier alpha value is -2.07. The fourth-order valence-corrected chi connectivity index (χ4v) is 2.28. The smallest absolute Gasteiger partial charge is 0.219 e. The zero-order chi connectivity index (χ0) is 20.4. The lowest BCUT2D eigenvalue weighted by atomic mass is 10.1. The first-order valence-corrected chi connectivity index (χ1v) is 9.31. The van der Waals surface area contributed by atoms with Gasteiger partial charge in [0, 0.05) is 39.5 Å². The van der Waals surface area contributed by atoms with Gasteiger partial charge in [-0.3, -0.25) is 4.99 Å². The highest BCUT2D eigenvalue weighted by molar-refractivity contribution is 14.0. The largest absolute Gasteiger partial charge is 0.494 e. The molecule has 0 saturated heterocycles. The van der Waals surface area contributed by atoms with Crippen LogP contribution in [0.5, 0.6) is 17.4 Å².